The van der Waals surface area contributed by atoms with E-state index in [1.807, 2.05) is 38.2 Å². The van der Waals surface area contributed by atoms with Crippen LogP contribution in [0.1, 0.15) is 5.56 Å². The smallest absolute Gasteiger partial charge is 0.138 e. The molecule has 0 saturated carbocycles. The molecule has 0 aliphatic heterocycles. The van der Waals surface area contributed by atoms with Crippen molar-refractivity contribution < 1.29 is 0 Å². The Bertz CT molecular complexity index is 528. The molecule has 0 amide bonds. The Labute approximate surface area is 105 Å². The molecule has 1 aromatic heterocycles. The molecule has 5 heteroatoms. The molecule has 88 valence electrons. The first-order valence-corrected chi connectivity index (χ1v) is 5.60. The van der Waals surface area contributed by atoms with Crippen molar-refractivity contribution in [2.75, 3.05) is 17.7 Å². The first-order chi connectivity index (χ1) is 8.20. The number of nitrogens with one attached hydrogen (secondary N) is 2. The van der Waals surface area contributed by atoms with Gasteiger partial charge in [-0.05, 0) is 25.1 Å². The van der Waals surface area contributed by atoms with Crippen LogP contribution in [0.2, 0.25) is 5.02 Å². The third-order valence-electron chi connectivity index (χ3n) is 2.41. The summed E-state index contributed by atoms with van der Waals surface area (Å²) in [5.41, 5.74) is 1.87. The highest BCUT2D eigenvalue weighted by Crippen LogP contribution is 2.23. The van der Waals surface area contributed by atoms with Crippen LogP contribution in [0.4, 0.5) is 17.3 Å². The minimum atomic E-state index is 0.690. The minimum absolute atomic E-state index is 0.690. The van der Waals surface area contributed by atoms with E-state index in [4.69, 9.17) is 11.6 Å². The largest absolute Gasteiger partial charge is 0.373 e. The van der Waals surface area contributed by atoms with Crippen molar-refractivity contribution in [2.24, 2.45) is 0 Å². The van der Waals surface area contributed by atoms with E-state index >= 15 is 0 Å². The molecule has 1 heterocycles. The summed E-state index contributed by atoms with van der Waals surface area (Å²) in [5.74, 6) is 1.58. The molecular weight excluding hydrogens is 236 g/mol. The molecular formula is C12H13ClN4. The minimum Gasteiger partial charge on any atom is -0.373 e. The Kier molecular flexibility index (Phi) is 3.44. The van der Waals surface area contributed by atoms with Crippen LogP contribution in [-0.2, 0) is 0 Å². The second-order valence-electron chi connectivity index (χ2n) is 3.58. The Hall–Kier alpha value is -1.81. The number of nitrogens with zero attached hydrogens (tertiary/aromatic N) is 2. The van der Waals surface area contributed by atoms with Crippen LogP contribution in [0.25, 0.3) is 0 Å². The number of aromatic nitrogens is 2. The summed E-state index contributed by atoms with van der Waals surface area (Å²) in [6.07, 6.45) is 1.52. The van der Waals surface area contributed by atoms with Gasteiger partial charge in [0.15, 0.2) is 0 Å². The van der Waals surface area contributed by atoms with Crippen LogP contribution in [-0.4, -0.2) is 17.0 Å². The van der Waals surface area contributed by atoms with Crippen molar-refractivity contribution in [3.63, 3.8) is 0 Å². The van der Waals surface area contributed by atoms with E-state index < -0.39 is 0 Å². The van der Waals surface area contributed by atoms with Crippen molar-refractivity contribution in [3.8, 4) is 0 Å². The maximum absolute atomic E-state index is 5.92. The van der Waals surface area contributed by atoms with E-state index in [1.54, 1.807) is 0 Å². The normalized spacial score (nSPS) is 10.1. The van der Waals surface area contributed by atoms with Gasteiger partial charge in [-0.25, -0.2) is 9.97 Å². The van der Waals surface area contributed by atoms with E-state index in [2.05, 4.69) is 20.6 Å². The van der Waals surface area contributed by atoms with Crippen LogP contribution >= 0.6 is 11.6 Å². The van der Waals surface area contributed by atoms with E-state index in [0.717, 1.165) is 22.9 Å². The first-order valence-electron chi connectivity index (χ1n) is 5.22. The number of hydrogen-bond acceptors (Lipinski definition) is 4. The summed E-state index contributed by atoms with van der Waals surface area (Å²) in [6.45, 7) is 1.96. The maximum atomic E-state index is 5.92. The highest BCUT2D eigenvalue weighted by molar-refractivity contribution is 6.30. The lowest BCUT2D eigenvalue weighted by molar-refractivity contribution is 1.12. The zero-order valence-electron chi connectivity index (χ0n) is 9.66. The molecule has 0 saturated heterocycles. The van der Waals surface area contributed by atoms with Gasteiger partial charge in [0.25, 0.3) is 0 Å². The van der Waals surface area contributed by atoms with Gasteiger partial charge >= 0.3 is 0 Å². The number of halogens is 1. The van der Waals surface area contributed by atoms with Gasteiger partial charge in [0.05, 0.1) is 0 Å². The SMILES string of the molecule is CNc1ncnc(Nc2cccc(Cl)c2)c1C. The zero-order chi connectivity index (χ0) is 12.3. The Morgan fingerprint density at radius 3 is 2.65 bits per heavy atom. The fourth-order valence-electron chi connectivity index (χ4n) is 1.53. The monoisotopic (exact) mass is 248 g/mol. The van der Waals surface area contributed by atoms with Crippen molar-refractivity contribution in [2.45, 2.75) is 6.92 Å². The Morgan fingerprint density at radius 1 is 1.18 bits per heavy atom. The summed E-state index contributed by atoms with van der Waals surface area (Å²) in [4.78, 5) is 8.33. The van der Waals surface area contributed by atoms with Gasteiger partial charge in [-0.15, -0.1) is 0 Å². The molecule has 4 nitrogen and oxygen atoms in total. The summed E-state index contributed by atoms with van der Waals surface area (Å²) < 4.78 is 0. The van der Waals surface area contributed by atoms with Gasteiger partial charge in [-0.1, -0.05) is 17.7 Å². The fraction of sp³-hybridized carbons (Fsp3) is 0.167. The van der Waals surface area contributed by atoms with Crippen LogP contribution in [0.3, 0.4) is 0 Å². The molecule has 0 atom stereocenters. The second kappa shape index (κ2) is 5.01. The lowest BCUT2D eigenvalue weighted by Crippen LogP contribution is -2.02. The van der Waals surface area contributed by atoms with Gasteiger partial charge in [0, 0.05) is 23.3 Å². The van der Waals surface area contributed by atoms with Crippen molar-refractivity contribution in [1.82, 2.24) is 9.97 Å². The lowest BCUT2D eigenvalue weighted by Gasteiger charge is -2.11. The van der Waals surface area contributed by atoms with Crippen LogP contribution in [0.15, 0.2) is 30.6 Å². The molecule has 2 N–H and O–H groups in total. The number of hydrogen-bond donors (Lipinski definition) is 2. The summed E-state index contributed by atoms with van der Waals surface area (Å²) >= 11 is 5.92. The number of benzene rings is 1. The van der Waals surface area contributed by atoms with Crippen LogP contribution in [0.5, 0.6) is 0 Å². The topological polar surface area (TPSA) is 49.8 Å². The maximum Gasteiger partial charge on any atom is 0.138 e. The van der Waals surface area contributed by atoms with Gasteiger partial charge in [-0.3, -0.25) is 0 Å². The predicted molar refractivity (Wildman–Crippen MR) is 71.1 cm³/mol. The van der Waals surface area contributed by atoms with E-state index in [-0.39, 0.29) is 0 Å². The van der Waals surface area contributed by atoms with Gasteiger partial charge < -0.3 is 10.6 Å². The first kappa shape index (κ1) is 11.7. The van der Waals surface area contributed by atoms with E-state index in [0.29, 0.717) is 5.02 Å². The highest BCUT2D eigenvalue weighted by atomic mass is 35.5. The molecule has 0 fully saturated rings. The standard InChI is InChI=1S/C12H13ClN4/c1-8-11(14-2)15-7-16-12(8)17-10-5-3-4-9(13)6-10/h3-7H,1-2H3,(H2,14,15,16,17). The summed E-state index contributed by atoms with van der Waals surface area (Å²) in [5, 5.41) is 6.92. The molecule has 0 spiro atoms. The third kappa shape index (κ3) is 2.65. The van der Waals surface area contributed by atoms with E-state index in [1.165, 1.54) is 6.33 Å². The molecule has 17 heavy (non-hydrogen) atoms. The predicted octanol–water partition coefficient (Wildman–Crippen LogP) is 3.22. The average Bonchev–Trinajstić information content (AvgIpc) is 2.32. The van der Waals surface area contributed by atoms with Crippen molar-refractivity contribution in [3.05, 3.63) is 41.2 Å². The average molecular weight is 249 g/mol. The van der Waals surface area contributed by atoms with E-state index in [9.17, 15) is 0 Å². The second-order valence-corrected chi connectivity index (χ2v) is 4.02. The molecule has 0 radical (unpaired) electrons. The molecule has 0 unspecified atom stereocenters. The number of anilines is 3. The Morgan fingerprint density at radius 2 is 1.94 bits per heavy atom. The summed E-state index contributed by atoms with van der Waals surface area (Å²) in [7, 11) is 1.83. The van der Waals surface area contributed by atoms with Gasteiger partial charge in [0.1, 0.15) is 18.0 Å². The Balaban J connectivity index is 2.30. The molecule has 0 bridgehead atoms. The van der Waals surface area contributed by atoms with Crippen LogP contribution < -0.4 is 10.6 Å². The lowest BCUT2D eigenvalue weighted by atomic mass is 10.2. The van der Waals surface area contributed by atoms with Crippen LogP contribution in [0, 0.1) is 6.92 Å². The van der Waals surface area contributed by atoms with Crippen molar-refractivity contribution >= 4 is 28.9 Å². The third-order valence-corrected chi connectivity index (χ3v) is 2.64. The fourth-order valence-corrected chi connectivity index (χ4v) is 1.72. The molecule has 1 aromatic carbocycles. The van der Waals surface area contributed by atoms with Crippen molar-refractivity contribution in [1.29, 1.82) is 0 Å². The highest BCUT2D eigenvalue weighted by Gasteiger charge is 2.05. The summed E-state index contributed by atoms with van der Waals surface area (Å²) in [6, 6.07) is 7.51. The van der Waals surface area contributed by atoms with Gasteiger partial charge in [0.2, 0.25) is 0 Å². The quantitative estimate of drug-likeness (QED) is 0.876. The van der Waals surface area contributed by atoms with Gasteiger partial charge in [-0.2, -0.15) is 0 Å². The number of rotatable bonds is 3. The molecule has 0 aliphatic carbocycles. The molecule has 2 aromatic rings. The zero-order valence-corrected chi connectivity index (χ0v) is 10.4. The molecule has 2 rings (SSSR count). The molecule has 0 aliphatic rings.